The van der Waals surface area contributed by atoms with Crippen molar-refractivity contribution >= 4 is 0 Å². The van der Waals surface area contributed by atoms with Crippen LogP contribution in [0.4, 0.5) is 0 Å². The normalized spacial score (nSPS) is 17.5. The van der Waals surface area contributed by atoms with Crippen LogP contribution in [0.3, 0.4) is 0 Å². The van der Waals surface area contributed by atoms with Gasteiger partial charge in [-0.2, -0.15) is 0 Å². The van der Waals surface area contributed by atoms with Crippen molar-refractivity contribution in [2.24, 2.45) is 5.92 Å². The van der Waals surface area contributed by atoms with Crippen LogP contribution in [0.1, 0.15) is 76.3 Å². The topological polar surface area (TPSA) is 0 Å². The van der Waals surface area contributed by atoms with Gasteiger partial charge in [0.1, 0.15) is 0 Å². The van der Waals surface area contributed by atoms with Gasteiger partial charge in [0.15, 0.2) is 0 Å². The minimum atomic E-state index is 0.901. The van der Waals surface area contributed by atoms with E-state index in [-0.39, 0.29) is 0 Å². The van der Waals surface area contributed by atoms with E-state index in [1.54, 1.807) is 0 Å². The molecule has 0 spiro atoms. The van der Waals surface area contributed by atoms with Gasteiger partial charge in [-0.15, -0.1) is 0 Å². The molecule has 0 heterocycles. The molecule has 0 fully saturated rings. The van der Waals surface area contributed by atoms with Crippen molar-refractivity contribution in [3.63, 3.8) is 0 Å². The molecule has 2 rings (SSSR count). The molecular weight excluding hydrogens is 264 g/mol. The zero-order chi connectivity index (χ0) is 15.6. The Labute approximate surface area is 137 Å². The van der Waals surface area contributed by atoms with Gasteiger partial charge in [-0.25, -0.2) is 0 Å². The molecule has 0 saturated heterocycles. The van der Waals surface area contributed by atoms with E-state index in [9.17, 15) is 0 Å². The van der Waals surface area contributed by atoms with Crippen LogP contribution in [0.25, 0.3) is 0 Å². The maximum atomic E-state index is 3.38. The van der Waals surface area contributed by atoms with Crippen LogP contribution in [0.5, 0.6) is 0 Å². The first kappa shape index (κ1) is 16.9. The molecule has 0 N–H and O–H groups in total. The van der Waals surface area contributed by atoms with Crippen LogP contribution in [0, 0.1) is 17.8 Å². The van der Waals surface area contributed by atoms with E-state index < -0.39 is 0 Å². The fraction of sp³-hybridized carbons (Fsp3) is 0.545. The Bertz CT molecular complexity index is 521. The number of allylic oxidation sites excluding steroid dienone is 2. The zero-order valence-corrected chi connectivity index (χ0v) is 14.3. The summed E-state index contributed by atoms with van der Waals surface area (Å²) in [6.07, 6.45) is 13.9. The highest BCUT2D eigenvalue weighted by Gasteiger charge is 2.12. The molecule has 0 bridgehead atoms. The standard InChI is InChI=1S/C22H30/c1-3-5-6-8-20-11-15-22(16-12-20)18-17-21-13-9-19(7-4-2)10-14-21/h11-13,15-16,19H,3-10,14H2,1-2H3. The van der Waals surface area contributed by atoms with Crippen molar-refractivity contribution in [2.75, 3.05) is 0 Å². The molecule has 0 nitrogen and oxygen atoms in total. The first-order chi connectivity index (χ1) is 10.8. The predicted molar refractivity (Wildman–Crippen MR) is 96.9 cm³/mol. The summed E-state index contributed by atoms with van der Waals surface area (Å²) in [7, 11) is 0. The van der Waals surface area contributed by atoms with E-state index in [1.165, 1.54) is 68.9 Å². The Morgan fingerprint density at radius 2 is 1.82 bits per heavy atom. The lowest BCUT2D eigenvalue weighted by Crippen LogP contribution is -2.04. The summed E-state index contributed by atoms with van der Waals surface area (Å²) in [6.45, 7) is 4.54. The van der Waals surface area contributed by atoms with Crippen LogP contribution >= 0.6 is 0 Å². The van der Waals surface area contributed by atoms with Crippen molar-refractivity contribution in [1.82, 2.24) is 0 Å². The largest absolute Gasteiger partial charge is 0.0726 e. The molecule has 0 heteroatoms. The summed E-state index contributed by atoms with van der Waals surface area (Å²) in [5.41, 5.74) is 3.94. The van der Waals surface area contributed by atoms with Gasteiger partial charge in [-0.3, -0.25) is 0 Å². The minimum Gasteiger partial charge on any atom is -0.0726 e. The van der Waals surface area contributed by atoms with Crippen LogP contribution in [-0.4, -0.2) is 0 Å². The summed E-state index contributed by atoms with van der Waals surface area (Å²) in [6, 6.07) is 8.84. The molecule has 0 radical (unpaired) electrons. The first-order valence-corrected chi connectivity index (χ1v) is 9.11. The predicted octanol–water partition coefficient (Wildman–Crippen LogP) is 6.30. The molecule has 0 aliphatic heterocycles. The maximum absolute atomic E-state index is 3.38. The number of hydrogen-bond acceptors (Lipinski definition) is 0. The van der Waals surface area contributed by atoms with E-state index in [2.05, 4.69) is 56.0 Å². The Morgan fingerprint density at radius 3 is 2.45 bits per heavy atom. The Kier molecular flexibility index (Phi) is 7.31. The lowest BCUT2D eigenvalue weighted by molar-refractivity contribution is 0.436. The van der Waals surface area contributed by atoms with Gasteiger partial charge in [0.2, 0.25) is 0 Å². The van der Waals surface area contributed by atoms with Crippen LogP contribution < -0.4 is 0 Å². The maximum Gasteiger partial charge on any atom is 0.0249 e. The second-order valence-corrected chi connectivity index (χ2v) is 6.56. The Morgan fingerprint density at radius 1 is 1.00 bits per heavy atom. The van der Waals surface area contributed by atoms with Gasteiger partial charge < -0.3 is 0 Å². The SMILES string of the molecule is CCCCCc1ccc(C#CC2=CCC(CCC)CC2)cc1. The monoisotopic (exact) mass is 294 g/mol. The van der Waals surface area contributed by atoms with E-state index in [1.807, 2.05) is 0 Å². The quantitative estimate of drug-likeness (QED) is 0.427. The number of benzene rings is 1. The molecule has 0 amide bonds. The van der Waals surface area contributed by atoms with Crippen molar-refractivity contribution < 1.29 is 0 Å². The molecule has 0 saturated carbocycles. The molecule has 0 aromatic heterocycles. The molecule has 1 aromatic rings. The smallest absolute Gasteiger partial charge is 0.0249 e. The lowest BCUT2D eigenvalue weighted by atomic mass is 9.87. The zero-order valence-electron chi connectivity index (χ0n) is 14.3. The van der Waals surface area contributed by atoms with Crippen LogP contribution in [0.2, 0.25) is 0 Å². The van der Waals surface area contributed by atoms with Gasteiger partial charge in [0.05, 0.1) is 0 Å². The fourth-order valence-corrected chi connectivity index (χ4v) is 3.16. The summed E-state index contributed by atoms with van der Waals surface area (Å²) in [5, 5.41) is 0. The highest BCUT2D eigenvalue weighted by atomic mass is 14.2. The summed E-state index contributed by atoms with van der Waals surface area (Å²) in [5.74, 6) is 7.62. The highest BCUT2D eigenvalue weighted by Crippen LogP contribution is 2.26. The van der Waals surface area contributed by atoms with Crippen LogP contribution in [-0.2, 0) is 6.42 Å². The number of unbranched alkanes of at least 4 members (excludes halogenated alkanes) is 2. The molecule has 1 aromatic carbocycles. The van der Waals surface area contributed by atoms with E-state index in [4.69, 9.17) is 0 Å². The average Bonchev–Trinajstić information content (AvgIpc) is 2.56. The van der Waals surface area contributed by atoms with Gasteiger partial charge in [-0.05, 0) is 61.3 Å². The van der Waals surface area contributed by atoms with Gasteiger partial charge in [0.25, 0.3) is 0 Å². The third-order valence-electron chi connectivity index (χ3n) is 4.61. The van der Waals surface area contributed by atoms with E-state index >= 15 is 0 Å². The Balaban J connectivity index is 1.86. The average molecular weight is 294 g/mol. The molecule has 22 heavy (non-hydrogen) atoms. The molecule has 1 unspecified atom stereocenters. The number of aryl methyl sites for hydroxylation is 1. The fourth-order valence-electron chi connectivity index (χ4n) is 3.16. The summed E-state index contributed by atoms with van der Waals surface area (Å²) >= 11 is 0. The van der Waals surface area contributed by atoms with Crippen LogP contribution in [0.15, 0.2) is 35.9 Å². The van der Waals surface area contributed by atoms with Gasteiger partial charge in [-0.1, -0.05) is 69.6 Å². The van der Waals surface area contributed by atoms with E-state index in [0.29, 0.717) is 0 Å². The molecule has 118 valence electrons. The van der Waals surface area contributed by atoms with Gasteiger partial charge in [0, 0.05) is 5.56 Å². The summed E-state index contributed by atoms with van der Waals surface area (Å²) in [4.78, 5) is 0. The lowest BCUT2D eigenvalue weighted by Gasteiger charge is -2.18. The first-order valence-electron chi connectivity index (χ1n) is 9.11. The second kappa shape index (κ2) is 9.52. The minimum absolute atomic E-state index is 0.901. The highest BCUT2D eigenvalue weighted by molar-refractivity contribution is 5.42. The number of rotatable bonds is 6. The molecule has 1 aliphatic carbocycles. The third-order valence-corrected chi connectivity index (χ3v) is 4.61. The third kappa shape index (κ3) is 5.72. The summed E-state index contributed by atoms with van der Waals surface area (Å²) < 4.78 is 0. The van der Waals surface area contributed by atoms with Gasteiger partial charge >= 0.3 is 0 Å². The molecular formula is C22H30. The Hall–Kier alpha value is -1.48. The number of hydrogen-bond donors (Lipinski definition) is 0. The van der Waals surface area contributed by atoms with Crippen molar-refractivity contribution in [3.8, 4) is 11.8 Å². The van der Waals surface area contributed by atoms with Crippen molar-refractivity contribution in [3.05, 3.63) is 47.0 Å². The van der Waals surface area contributed by atoms with E-state index in [0.717, 1.165) is 11.5 Å². The van der Waals surface area contributed by atoms with Crippen molar-refractivity contribution in [2.45, 2.75) is 71.6 Å². The van der Waals surface area contributed by atoms with Crippen molar-refractivity contribution in [1.29, 1.82) is 0 Å². The molecule has 1 atom stereocenters. The molecule has 1 aliphatic rings. The second-order valence-electron chi connectivity index (χ2n) is 6.56.